The minimum absolute atomic E-state index is 0.0355. The summed E-state index contributed by atoms with van der Waals surface area (Å²) in [5.74, 6) is -0.206. The number of hydrogen-bond acceptors (Lipinski definition) is 3. The molecule has 0 N–H and O–H groups in total. The van der Waals surface area contributed by atoms with E-state index in [-0.39, 0.29) is 11.7 Å². The van der Waals surface area contributed by atoms with E-state index in [0.717, 1.165) is 0 Å². The van der Waals surface area contributed by atoms with Gasteiger partial charge in [-0.05, 0) is 13.0 Å². The van der Waals surface area contributed by atoms with Crippen molar-refractivity contribution in [2.24, 2.45) is 0 Å². The summed E-state index contributed by atoms with van der Waals surface area (Å²) in [5.41, 5.74) is 0.737. The number of Topliss-reactive ketones (excluding diaryl/α,β-unsaturated/α-hetero) is 1. The highest BCUT2D eigenvalue weighted by Gasteiger charge is 2.15. The van der Waals surface area contributed by atoms with Gasteiger partial charge >= 0.3 is 0 Å². The first-order valence-corrected chi connectivity index (χ1v) is 5.35. The molecule has 1 aromatic rings. The van der Waals surface area contributed by atoms with Crippen molar-refractivity contribution >= 4 is 18.0 Å². The van der Waals surface area contributed by atoms with E-state index < -0.39 is 0 Å². The van der Waals surface area contributed by atoms with Crippen LogP contribution in [0.3, 0.4) is 0 Å². The van der Waals surface area contributed by atoms with Gasteiger partial charge in [-0.2, -0.15) is 0 Å². The molecule has 1 rings (SSSR count). The molecule has 0 aliphatic rings. The van der Waals surface area contributed by atoms with Crippen molar-refractivity contribution in [1.29, 1.82) is 0 Å². The molecular weight excluding hydrogens is 218 g/mol. The Morgan fingerprint density at radius 3 is 2.53 bits per heavy atom. The zero-order valence-electron chi connectivity index (χ0n) is 9.97. The first-order valence-electron chi connectivity index (χ1n) is 5.35. The zero-order chi connectivity index (χ0) is 12.8. The Hall–Kier alpha value is -1.97. The van der Waals surface area contributed by atoms with Gasteiger partial charge in [0.05, 0.1) is 5.56 Å². The van der Waals surface area contributed by atoms with Crippen molar-refractivity contribution in [3.63, 3.8) is 0 Å². The van der Waals surface area contributed by atoms with Crippen molar-refractivity contribution < 1.29 is 14.4 Å². The summed E-state index contributed by atoms with van der Waals surface area (Å²) in [6, 6.07) is 6.62. The highest BCUT2D eigenvalue weighted by Crippen LogP contribution is 2.09. The van der Waals surface area contributed by atoms with E-state index in [2.05, 4.69) is 0 Å². The summed E-state index contributed by atoms with van der Waals surface area (Å²) in [6.07, 6.45) is 0.984. The van der Waals surface area contributed by atoms with E-state index in [1.165, 1.54) is 11.8 Å². The molecule has 0 heterocycles. The quantitative estimate of drug-likeness (QED) is 0.725. The van der Waals surface area contributed by atoms with Gasteiger partial charge < -0.3 is 4.90 Å². The first-order chi connectivity index (χ1) is 8.06. The van der Waals surface area contributed by atoms with E-state index in [9.17, 15) is 14.4 Å². The van der Waals surface area contributed by atoms with Gasteiger partial charge in [-0.25, -0.2) is 0 Å². The fraction of sp³-hybridized carbons (Fsp3) is 0.308. The Morgan fingerprint density at radius 1 is 1.29 bits per heavy atom. The predicted molar refractivity (Wildman–Crippen MR) is 64.1 cm³/mol. The number of benzene rings is 1. The molecule has 17 heavy (non-hydrogen) atoms. The first kappa shape index (κ1) is 13.1. The molecular formula is C13H15NO3. The van der Waals surface area contributed by atoms with Crippen molar-refractivity contribution in [3.05, 3.63) is 35.4 Å². The van der Waals surface area contributed by atoms with Crippen LogP contribution in [0.15, 0.2) is 24.3 Å². The van der Waals surface area contributed by atoms with Gasteiger partial charge in [-0.15, -0.1) is 0 Å². The summed E-state index contributed by atoms with van der Waals surface area (Å²) < 4.78 is 0. The molecule has 0 saturated carbocycles. The van der Waals surface area contributed by atoms with Crippen LogP contribution in [0.5, 0.6) is 0 Å². The van der Waals surface area contributed by atoms with Crippen LogP contribution >= 0.6 is 0 Å². The van der Waals surface area contributed by atoms with Crippen LogP contribution in [0.1, 0.15) is 34.1 Å². The van der Waals surface area contributed by atoms with Gasteiger partial charge in [0.15, 0.2) is 6.29 Å². The number of rotatable bonds is 5. The largest absolute Gasteiger partial charge is 0.341 e. The van der Waals surface area contributed by atoms with Crippen LogP contribution < -0.4 is 0 Å². The SMILES string of the molecule is CC(=O)CCN(C)C(=O)c1ccccc1C=O. The van der Waals surface area contributed by atoms with Gasteiger partial charge in [0.2, 0.25) is 0 Å². The van der Waals surface area contributed by atoms with E-state index in [0.29, 0.717) is 30.4 Å². The molecule has 90 valence electrons. The number of ketones is 1. The molecule has 0 atom stereocenters. The van der Waals surface area contributed by atoms with Gasteiger partial charge in [0.25, 0.3) is 5.91 Å². The molecule has 1 aromatic carbocycles. The predicted octanol–water partition coefficient (Wildman–Crippen LogP) is 1.55. The van der Waals surface area contributed by atoms with Gasteiger partial charge in [-0.1, -0.05) is 18.2 Å². The standard InChI is InChI=1S/C13H15NO3/c1-10(16)7-8-14(2)13(17)12-6-4-3-5-11(12)9-15/h3-6,9H,7-8H2,1-2H3. The van der Waals surface area contributed by atoms with Gasteiger partial charge in [-0.3, -0.25) is 14.4 Å². The lowest BCUT2D eigenvalue weighted by molar-refractivity contribution is -0.117. The van der Waals surface area contributed by atoms with Crippen molar-refractivity contribution in [3.8, 4) is 0 Å². The molecule has 0 aliphatic heterocycles. The Balaban J connectivity index is 2.81. The van der Waals surface area contributed by atoms with E-state index in [4.69, 9.17) is 0 Å². The highest BCUT2D eigenvalue weighted by atomic mass is 16.2. The summed E-state index contributed by atoms with van der Waals surface area (Å²) in [4.78, 5) is 35.1. The number of carbonyl (C=O) groups excluding carboxylic acids is 3. The van der Waals surface area contributed by atoms with Crippen LogP contribution in [0.4, 0.5) is 0 Å². The van der Waals surface area contributed by atoms with Crippen molar-refractivity contribution in [1.82, 2.24) is 4.90 Å². The maximum Gasteiger partial charge on any atom is 0.254 e. The van der Waals surface area contributed by atoms with Crippen LogP contribution in [-0.2, 0) is 4.79 Å². The molecule has 1 amide bonds. The second-order valence-corrected chi connectivity index (χ2v) is 3.88. The van der Waals surface area contributed by atoms with Crippen LogP contribution in [0, 0.1) is 0 Å². The van der Waals surface area contributed by atoms with E-state index >= 15 is 0 Å². The lowest BCUT2D eigenvalue weighted by Gasteiger charge is -2.17. The molecule has 4 nitrogen and oxygen atoms in total. The van der Waals surface area contributed by atoms with Crippen LogP contribution in [-0.4, -0.2) is 36.5 Å². The lowest BCUT2D eigenvalue weighted by atomic mass is 10.1. The summed E-state index contributed by atoms with van der Waals surface area (Å²) in [5, 5.41) is 0. The van der Waals surface area contributed by atoms with Crippen molar-refractivity contribution in [2.45, 2.75) is 13.3 Å². The Morgan fingerprint density at radius 2 is 1.94 bits per heavy atom. The fourth-order valence-electron chi connectivity index (χ4n) is 1.43. The topological polar surface area (TPSA) is 54.5 Å². The minimum Gasteiger partial charge on any atom is -0.341 e. The zero-order valence-corrected chi connectivity index (χ0v) is 9.97. The molecule has 0 aliphatic carbocycles. The number of nitrogens with zero attached hydrogens (tertiary/aromatic N) is 1. The van der Waals surface area contributed by atoms with Crippen molar-refractivity contribution in [2.75, 3.05) is 13.6 Å². The van der Waals surface area contributed by atoms with E-state index in [1.54, 1.807) is 31.3 Å². The molecule has 0 unspecified atom stereocenters. The smallest absolute Gasteiger partial charge is 0.254 e. The van der Waals surface area contributed by atoms with Crippen LogP contribution in [0.25, 0.3) is 0 Å². The maximum absolute atomic E-state index is 12.0. The third kappa shape index (κ3) is 3.52. The normalized spacial score (nSPS) is 9.76. The number of aldehydes is 1. The highest BCUT2D eigenvalue weighted by molar-refractivity contribution is 6.01. The Bertz CT molecular complexity index is 440. The second-order valence-electron chi connectivity index (χ2n) is 3.88. The molecule has 0 spiro atoms. The molecule has 0 radical (unpaired) electrons. The molecule has 0 fully saturated rings. The fourth-order valence-corrected chi connectivity index (χ4v) is 1.43. The molecule has 0 saturated heterocycles. The third-order valence-electron chi connectivity index (χ3n) is 2.46. The molecule has 0 aromatic heterocycles. The molecule has 0 bridgehead atoms. The average Bonchev–Trinajstić information content (AvgIpc) is 2.34. The lowest BCUT2D eigenvalue weighted by Crippen LogP contribution is -2.29. The summed E-state index contributed by atoms with van der Waals surface area (Å²) in [7, 11) is 1.62. The van der Waals surface area contributed by atoms with Gasteiger partial charge in [0, 0.05) is 25.6 Å². The monoisotopic (exact) mass is 233 g/mol. The molecule has 4 heteroatoms. The number of amides is 1. The third-order valence-corrected chi connectivity index (χ3v) is 2.46. The van der Waals surface area contributed by atoms with Gasteiger partial charge in [0.1, 0.15) is 5.78 Å². The Labute approximate surface area is 100 Å². The van der Waals surface area contributed by atoms with Crippen LogP contribution in [0.2, 0.25) is 0 Å². The Kier molecular flexibility index (Phi) is 4.57. The maximum atomic E-state index is 12.0. The second kappa shape index (κ2) is 5.94. The summed E-state index contributed by atoms with van der Waals surface area (Å²) >= 11 is 0. The summed E-state index contributed by atoms with van der Waals surface area (Å²) in [6.45, 7) is 1.85. The number of carbonyl (C=O) groups is 3. The minimum atomic E-state index is -0.242. The number of hydrogen-bond donors (Lipinski definition) is 0. The van der Waals surface area contributed by atoms with E-state index in [1.807, 2.05) is 0 Å². The average molecular weight is 233 g/mol.